The zero-order valence-corrected chi connectivity index (χ0v) is 22.9. The van der Waals surface area contributed by atoms with E-state index in [4.69, 9.17) is 0 Å². The van der Waals surface area contributed by atoms with E-state index in [2.05, 4.69) is 20.7 Å². The van der Waals surface area contributed by atoms with E-state index in [1.807, 2.05) is 0 Å². The molecule has 0 radical (unpaired) electrons. The van der Waals surface area contributed by atoms with Crippen molar-refractivity contribution >= 4 is 45.9 Å². The van der Waals surface area contributed by atoms with Crippen molar-refractivity contribution in [2.75, 3.05) is 11.9 Å². The first kappa shape index (κ1) is 32.5. The van der Waals surface area contributed by atoms with Gasteiger partial charge in [-0.1, -0.05) is 50.2 Å². The first-order chi connectivity index (χ1) is 20.3. The predicted molar refractivity (Wildman–Crippen MR) is 145 cm³/mol. The van der Waals surface area contributed by atoms with Gasteiger partial charge in [-0.05, 0) is 23.8 Å². The molecule has 228 valence electrons. The van der Waals surface area contributed by atoms with Crippen LogP contribution in [-0.4, -0.2) is 53.3 Å². The van der Waals surface area contributed by atoms with Crippen LogP contribution in [0.25, 0.3) is 10.8 Å². The molecular weight excluding hydrogens is 578 g/mol. The van der Waals surface area contributed by atoms with Crippen LogP contribution >= 0.6 is 0 Å². The lowest BCUT2D eigenvalue weighted by Gasteiger charge is -2.23. The summed E-state index contributed by atoms with van der Waals surface area (Å²) in [4.78, 5) is 62.5. The number of ether oxygens (including phenoxy) is 1. The molecule has 10 nitrogen and oxygen atoms in total. The summed E-state index contributed by atoms with van der Waals surface area (Å²) in [6.07, 6.45) is -1.05. The Morgan fingerprint density at radius 1 is 0.837 bits per heavy atom. The number of fused-ring (bicyclic) bond motifs is 1. The van der Waals surface area contributed by atoms with Crippen LogP contribution in [0.4, 0.5) is 23.2 Å². The summed E-state index contributed by atoms with van der Waals surface area (Å²) < 4.78 is 59.3. The van der Waals surface area contributed by atoms with Crippen LogP contribution in [0.15, 0.2) is 48.5 Å². The Balaban J connectivity index is 1.72. The van der Waals surface area contributed by atoms with Gasteiger partial charge in [0.2, 0.25) is 17.5 Å². The summed E-state index contributed by atoms with van der Waals surface area (Å²) in [6, 6.07) is 8.79. The van der Waals surface area contributed by atoms with Crippen molar-refractivity contribution in [3.05, 3.63) is 71.8 Å². The SMILES string of the molecule is CC(C)C[C@H](NC(=O)C(=O)Nc1cccc2ccccc12)C(=O)N[C@@H](CC(=O)O)C(=O)COc1c(F)c(F)cc(F)c1F. The van der Waals surface area contributed by atoms with Gasteiger partial charge in [0, 0.05) is 17.1 Å². The van der Waals surface area contributed by atoms with Crippen LogP contribution < -0.4 is 20.7 Å². The zero-order chi connectivity index (χ0) is 31.8. The molecule has 43 heavy (non-hydrogen) atoms. The van der Waals surface area contributed by atoms with Gasteiger partial charge in [-0.25, -0.2) is 8.78 Å². The molecule has 0 saturated carbocycles. The number of halogens is 4. The molecule has 0 heterocycles. The topological polar surface area (TPSA) is 151 Å². The summed E-state index contributed by atoms with van der Waals surface area (Å²) >= 11 is 0. The minimum Gasteiger partial charge on any atom is -0.481 e. The Kier molecular flexibility index (Phi) is 10.8. The molecule has 0 saturated heterocycles. The summed E-state index contributed by atoms with van der Waals surface area (Å²) in [5, 5.41) is 17.5. The first-order valence-electron chi connectivity index (χ1n) is 12.9. The number of anilines is 1. The summed E-state index contributed by atoms with van der Waals surface area (Å²) in [5.41, 5.74) is 0.335. The monoisotopic (exact) mass is 605 g/mol. The number of carbonyl (C=O) groups is 5. The molecule has 0 fully saturated rings. The molecule has 0 aliphatic carbocycles. The van der Waals surface area contributed by atoms with Gasteiger partial charge >= 0.3 is 17.8 Å². The van der Waals surface area contributed by atoms with Gasteiger partial charge in [-0.3, -0.25) is 24.0 Å². The molecule has 0 aliphatic rings. The maximum atomic E-state index is 13.9. The van der Waals surface area contributed by atoms with Crippen molar-refractivity contribution in [3.8, 4) is 5.75 Å². The molecule has 3 aromatic carbocycles. The lowest BCUT2D eigenvalue weighted by molar-refractivity contribution is -0.141. The third kappa shape index (κ3) is 8.50. The molecule has 14 heteroatoms. The number of benzene rings is 3. The molecule has 3 amide bonds. The van der Waals surface area contributed by atoms with Crippen molar-refractivity contribution in [1.29, 1.82) is 0 Å². The molecule has 0 bridgehead atoms. The van der Waals surface area contributed by atoms with Gasteiger partial charge < -0.3 is 25.8 Å². The van der Waals surface area contributed by atoms with Crippen LogP contribution in [0.3, 0.4) is 0 Å². The van der Waals surface area contributed by atoms with Crippen molar-refractivity contribution in [1.82, 2.24) is 10.6 Å². The highest BCUT2D eigenvalue weighted by Crippen LogP contribution is 2.26. The van der Waals surface area contributed by atoms with E-state index in [-0.39, 0.29) is 18.4 Å². The van der Waals surface area contributed by atoms with E-state index in [0.29, 0.717) is 11.1 Å². The number of carbonyl (C=O) groups excluding carboxylic acids is 4. The van der Waals surface area contributed by atoms with Crippen molar-refractivity contribution in [3.63, 3.8) is 0 Å². The number of amides is 3. The average Bonchev–Trinajstić information content (AvgIpc) is 2.94. The molecule has 0 aliphatic heterocycles. The quantitative estimate of drug-likeness (QED) is 0.140. The van der Waals surface area contributed by atoms with Gasteiger partial charge in [-0.2, -0.15) is 8.78 Å². The van der Waals surface area contributed by atoms with Crippen LogP contribution in [0.2, 0.25) is 0 Å². The predicted octanol–water partition coefficient (Wildman–Crippen LogP) is 3.47. The van der Waals surface area contributed by atoms with Gasteiger partial charge in [-0.15, -0.1) is 0 Å². The highest BCUT2D eigenvalue weighted by atomic mass is 19.2. The van der Waals surface area contributed by atoms with Gasteiger partial charge in [0.15, 0.2) is 23.2 Å². The third-order valence-electron chi connectivity index (χ3n) is 6.09. The highest BCUT2D eigenvalue weighted by Gasteiger charge is 2.31. The molecule has 0 unspecified atom stereocenters. The second-order valence-corrected chi connectivity index (χ2v) is 9.85. The van der Waals surface area contributed by atoms with E-state index in [1.165, 1.54) is 0 Å². The number of aliphatic carboxylic acids is 1. The fraction of sp³-hybridized carbons (Fsp3) is 0.276. The molecule has 2 atom stereocenters. The summed E-state index contributed by atoms with van der Waals surface area (Å²) in [6.45, 7) is 2.11. The minimum atomic E-state index is -1.92. The Morgan fingerprint density at radius 3 is 2.09 bits per heavy atom. The first-order valence-corrected chi connectivity index (χ1v) is 12.9. The molecule has 3 aromatic rings. The standard InChI is InChI=1S/C29H27F4N3O7/c1-14(2)10-21(36-29(42)28(41)34-19-9-5-7-15-6-3-4-8-16(15)19)27(40)35-20(12-23(38)39)22(37)13-43-26-24(32)17(30)11-18(31)25(26)33/h3-9,11,14,20-21H,10,12-13H2,1-2H3,(H,34,41)(H,35,40)(H,36,42)(H,38,39)/t20-,21-/m0/s1. The molecule has 4 N–H and O–H groups in total. The minimum absolute atomic E-state index is 0.0391. The van der Waals surface area contributed by atoms with E-state index < -0.39 is 83.6 Å². The van der Waals surface area contributed by atoms with E-state index >= 15 is 0 Å². The Morgan fingerprint density at radius 2 is 1.47 bits per heavy atom. The Bertz CT molecular complexity index is 1530. The van der Waals surface area contributed by atoms with Crippen LogP contribution in [-0.2, 0) is 24.0 Å². The maximum absolute atomic E-state index is 13.9. The number of ketones is 1. The Hall–Kier alpha value is -5.01. The fourth-order valence-corrected chi connectivity index (χ4v) is 4.05. The van der Waals surface area contributed by atoms with E-state index in [1.54, 1.807) is 56.3 Å². The molecular formula is C29H27F4N3O7. The number of hydrogen-bond acceptors (Lipinski definition) is 6. The molecule has 0 spiro atoms. The molecule has 3 rings (SSSR count). The summed E-state index contributed by atoms with van der Waals surface area (Å²) in [7, 11) is 0. The number of Topliss-reactive ketones (excluding diaryl/α,β-unsaturated/α-hetero) is 1. The maximum Gasteiger partial charge on any atom is 0.313 e. The van der Waals surface area contributed by atoms with E-state index in [0.717, 1.165) is 5.39 Å². The van der Waals surface area contributed by atoms with Crippen molar-refractivity contribution in [2.45, 2.75) is 38.8 Å². The number of carboxylic acid groups (broad SMARTS) is 1. The second kappa shape index (κ2) is 14.2. The Labute approximate surface area is 242 Å². The summed E-state index contributed by atoms with van der Waals surface area (Å²) in [5.74, 6) is -15.4. The van der Waals surface area contributed by atoms with E-state index in [9.17, 15) is 46.6 Å². The van der Waals surface area contributed by atoms with Gasteiger partial charge in [0.25, 0.3) is 0 Å². The smallest absolute Gasteiger partial charge is 0.313 e. The highest BCUT2D eigenvalue weighted by molar-refractivity contribution is 6.40. The van der Waals surface area contributed by atoms with Crippen LogP contribution in [0.5, 0.6) is 5.75 Å². The average molecular weight is 606 g/mol. The fourth-order valence-electron chi connectivity index (χ4n) is 4.05. The van der Waals surface area contributed by atoms with Gasteiger partial charge in [0.05, 0.1) is 6.42 Å². The van der Waals surface area contributed by atoms with Crippen molar-refractivity contribution < 1.29 is 51.4 Å². The van der Waals surface area contributed by atoms with Crippen LogP contribution in [0, 0.1) is 29.2 Å². The number of nitrogens with one attached hydrogen (secondary N) is 3. The third-order valence-corrected chi connectivity index (χ3v) is 6.09. The number of carboxylic acids is 1. The van der Waals surface area contributed by atoms with Crippen molar-refractivity contribution in [2.24, 2.45) is 5.92 Å². The van der Waals surface area contributed by atoms with Crippen LogP contribution in [0.1, 0.15) is 26.7 Å². The molecule has 0 aromatic heterocycles. The largest absolute Gasteiger partial charge is 0.481 e. The normalized spacial score (nSPS) is 12.3. The van der Waals surface area contributed by atoms with Gasteiger partial charge in [0.1, 0.15) is 18.7 Å². The number of rotatable bonds is 12. The lowest BCUT2D eigenvalue weighted by Crippen LogP contribution is -2.54. The second-order valence-electron chi connectivity index (χ2n) is 9.85. The lowest BCUT2D eigenvalue weighted by atomic mass is 10.0. The zero-order valence-electron chi connectivity index (χ0n) is 22.9. The number of hydrogen-bond donors (Lipinski definition) is 4.